The number of ether oxygens (including phenoxy) is 1. The molecule has 0 saturated carbocycles. The first-order chi connectivity index (χ1) is 12.8. The number of pyridine rings is 2. The predicted octanol–water partition coefficient (Wildman–Crippen LogP) is 3.41. The summed E-state index contributed by atoms with van der Waals surface area (Å²) in [5.41, 5.74) is 3.04. The van der Waals surface area contributed by atoms with Crippen molar-refractivity contribution < 1.29 is 9.15 Å². The van der Waals surface area contributed by atoms with Crippen LogP contribution in [0.2, 0.25) is 0 Å². The van der Waals surface area contributed by atoms with Gasteiger partial charge in [0.05, 0.1) is 24.1 Å². The van der Waals surface area contributed by atoms with E-state index in [0.29, 0.717) is 29.2 Å². The van der Waals surface area contributed by atoms with Crippen molar-refractivity contribution in [1.82, 2.24) is 19.5 Å². The van der Waals surface area contributed by atoms with E-state index in [9.17, 15) is 4.79 Å². The fraction of sp³-hybridized carbons (Fsp3) is 0.105. The van der Waals surface area contributed by atoms with Gasteiger partial charge in [0.15, 0.2) is 5.65 Å². The van der Waals surface area contributed by atoms with Crippen molar-refractivity contribution in [3.8, 4) is 11.4 Å². The SMILES string of the molecule is CCOc1ccnc2[nH]c(=O)n(-c3ccc4ncc5ccoc5c4c3)c12. The summed E-state index contributed by atoms with van der Waals surface area (Å²) in [5, 5.41) is 1.76. The third-order valence-electron chi connectivity index (χ3n) is 4.36. The summed E-state index contributed by atoms with van der Waals surface area (Å²) in [7, 11) is 0. The van der Waals surface area contributed by atoms with E-state index in [4.69, 9.17) is 9.15 Å². The van der Waals surface area contributed by atoms with Crippen molar-refractivity contribution in [2.24, 2.45) is 0 Å². The molecule has 1 N–H and O–H groups in total. The summed E-state index contributed by atoms with van der Waals surface area (Å²) in [6.07, 6.45) is 5.02. The lowest BCUT2D eigenvalue weighted by atomic mass is 10.1. The zero-order valence-corrected chi connectivity index (χ0v) is 13.9. The largest absolute Gasteiger partial charge is 0.491 e. The van der Waals surface area contributed by atoms with Crippen molar-refractivity contribution in [2.45, 2.75) is 6.92 Å². The molecule has 0 unspecified atom stereocenters. The minimum Gasteiger partial charge on any atom is -0.491 e. The number of hydrogen-bond donors (Lipinski definition) is 1. The van der Waals surface area contributed by atoms with Crippen LogP contribution in [0.15, 0.2) is 58.2 Å². The van der Waals surface area contributed by atoms with Crippen LogP contribution in [0.1, 0.15) is 6.92 Å². The molecule has 0 bridgehead atoms. The Morgan fingerprint density at radius 2 is 2.15 bits per heavy atom. The molecule has 0 spiro atoms. The van der Waals surface area contributed by atoms with Crippen LogP contribution in [0.3, 0.4) is 0 Å². The molecule has 5 rings (SSSR count). The second-order valence-corrected chi connectivity index (χ2v) is 5.87. The molecule has 4 aromatic heterocycles. The Kier molecular flexibility index (Phi) is 3.08. The minimum atomic E-state index is -0.279. The molecule has 7 nitrogen and oxygen atoms in total. The molecule has 5 aromatic rings. The number of imidazole rings is 1. The molecule has 0 aliphatic heterocycles. The highest BCUT2D eigenvalue weighted by Gasteiger charge is 2.16. The highest BCUT2D eigenvalue weighted by Crippen LogP contribution is 2.29. The summed E-state index contributed by atoms with van der Waals surface area (Å²) in [5.74, 6) is 0.602. The van der Waals surface area contributed by atoms with E-state index in [2.05, 4.69) is 15.0 Å². The van der Waals surface area contributed by atoms with E-state index < -0.39 is 0 Å². The van der Waals surface area contributed by atoms with Crippen LogP contribution in [-0.4, -0.2) is 26.1 Å². The van der Waals surface area contributed by atoms with Crippen LogP contribution in [-0.2, 0) is 0 Å². The minimum absolute atomic E-state index is 0.279. The molecule has 4 heterocycles. The number of aromatic nitrogens is 4. The van der Waals surface area contributed by atoms with Crippen molar-refractivity contribution in [1.29, 1.82) is 0 Å². The van der Waals surface area contributed by atoms with Gasteiger partial charge in [-0.15, -0.1) is 0 Å². The van der Waals surface area contributed by atoms with Crippen LogP contribution < -0.4 is 10.4 Å². The first-order valence-electron chi connectivity index (χ1n) is 8.25. The van der Waals surface area contributed by atoms with Crippen LogP contribution in [0, 0.1) is 0 Å². The topological polar surface area (TPSA) is 85.9 Å². The number of rotatable bonds is 3. The first kappa shape index (κ1) is 14.7. The predicted molar refractivity (Wildman–Crippen MR) is 97.9 cm³/mol. The van der Waals surface area contributed by atoms with Gasteiger partial charge < -0.3 is 9.15 Å². The number of benzene rings is 1. The fourth-order valence-corrected chi connectivity index (χ4v) is 3.26. The second-order valence-electron chi connectivity index (χ2n) is 5.87. The summed E-state index contributed by atoms with van der Waals surface area (Å²) in [4.78, 5) is 24.1. The zero-order valence-electron chi connectivity index (χ0n) is 13.9. The Bertz CT molecular complexity index is 1330. The molecule has 0 amide bonds. The van der Waals surface area contributed by atoms with E-state index in [0.717, 1.165) is 21.9 Å². The molecule has 0 saturated heterocycles. The smallest absolute Gasteiger partial charge is 0.332 e. The van der Waals surface area contributed by atoms with Gasteiger partial charge in [0.25, 0.3) is 0 Å². The van der Waals surface area contributed by atoms with Gasteiger partial charge in [-0.1, -0.05) is 0 Å². The molecule has 0 aliphatic rings. The summed E-state index contributed by atoms with van der Waals surface area (Å²) in [6.45, 7) is 2.39. The van der Waals surface area contributed by atoms with Crippen molar-refractivity contribution in [3.05, 3.63) is 59.5 Å². The maximum Gasteiger partial charge on any atom is 0.332 e. The van der Waals surface area contributed by atoms with Gasteiger partial charge in [0.2, 0.25) is 0 Å². The van der Waals surface area contributed by atoms with Crippen molar-refractivity contribution >= 4 is 33.0 Å². The van der Waals surface area contributed by atoms with Crippen molar-refractivity contribution in [2.75, 3.05) is 6.61 Å². The molecule has 1 aromatic carbocycles. The summed E-state index contributed by atoms with van der Waals surface area (Å²) < 4.78 is 12.9. The van der Waals surface area contributed by atoms with Gasteiger partial charge >= 0.3 is 5.69 Å². The van der Waals surface area contributed by atoms with Crippen LogP contribution >= 0.6 is 0 Å². The standard InChI is InChI=1S/C19H14N4O3/c1-2-25-15-5-7-20-18-16(15)23(19(24)22-18)12-3-4-14-13(9-12)17-11(10-21-14)6-8-26-17/h3-10H,2H2,1H3,(H,20,22,24). The van der Waals surface area contributed by atoms with Gasteiger partial charge in [-0.05, 0) is 31.2 Å². The molecule has 0 atom stereocenters. The Balaban J connectivity index is 1.85. The molecule has 26 heavy (non-hydrogen) atoms. The molecule has 0 radical (unpaired) electrons. The maximum atomic E-state index is 12.6. The number of fused-ring (bicyclic) bond motifs is 4. The van der Waals surface area contributed by atoms with Crippen LogP contribution in [0.5, 0.6) is 5.75 Å². The van der Waals surface area contributed by atoms with E-state index >= 15 is 0 Å². The maximum absolute atomic E-state index is 12.6. The quantitative estimate of drug-likeness (QED) is 0.541. The van der Waals surface area contributed by atoms with Gasteiger partial charge in [-0.25, -0.2) is 9.78 Å². The lowest BCUT2D eigenvalue weighted by Crippen LogP contribution is -2.15. The molecular formula is C19H14N4O3. The average molecular weight is 346 g/mol. The zero-order chi connectivity index (χ0) is 17.7. The Morgan fingerprint density at radius 3 is 3.04 bits per heavy atom. The highest BCUT2D eigenvalue weighted by atomic mass is 16.5. The number of aromatic amines is 1. The lowest BCUT2D eigenvalue weighted by Gasteiger charge is -2.09. The van der Waals surface area contributed by atoms with Gasteiger partial charge in [0, 0.05) is 29.2 Å². The summed E-state index contributed by atoms with van der Waals surface area (Å²) in [6, 6.07) is 9.23. The van der Waals surface area contributed by atoms with Crippen molar-refractivity contribution in [3.63, 3.8) is 0 Å². The Labute approximate surface area is 146 Å². The Hall–Kier alpha value is -3.61. The number of nitrogens with one attached hydrogen (secondary N) is 1. The van der Waals surface area contributed by atoms with E-state index in [1.54, 1.807) is 29.3 Å². The molecule has 0 fully saturated rings. The van der Waals surface area contributed by atoms with E-state index in [1.807, 2.05) is 31.2 Å². The van der Waals surface area contributed by atoms with Gasteiger partial charge in [0.1, 0.15) is 16.8 Å². The molecule has 128 valence electrons. The van der Waals surface area contributed by atoms with Crippen LogP contribution in [0.25, 0.3) is 38.7 Å². The number of H-pyrrole nitrogens is 1. The van der Waals surface area contributed by atoms with Gasteiger partial charge in [-0.3, -0.25) is 14.5 Å². The number of furan rings is 1. The second kappa shape index (κ2) is 5.45. The third kappa shape index (κ3) is 2.03. The highest BCUT2D eigenvalue weighted by molar-refractivity contribution is 6.02. The lowest BCUT2D eigenvalue weighted by molar-refractivity contribution is 0.343. The fourth-order valence-electron chi connectivity index (χ4n) is 3.26. The van der Waals surface area contributed by atoms with E-state index in [-0.39, 0.29) is 5.69 Å². The number of hydrogen-bond acceptors (Lipinski definition) is 5. The van der Waals surface area contributed by atoms with Crippen LogP contribution in [0.4, 0.5) is 0 Å². The number of nitrogens with zero attached hydrogens (tertiary/aromatic N) is 3. The van der Waals surface area contributed by atoms with Gasteiger partial charge in [-0.2, -0.15) is 0 Å². The average Bonchev–Trinajstić information content (AvgIpc) is 3.25. The normalized spacial score (nSPS) is 11.6. The summed E-state index contributed by atoms with van der Waals surface area (Å²) >= 11 is 0. The third-order valence-corrected chi connectivity index (χ3v) is 4.36. The molecular weight excluding hydrogens is 332 g/mol. The molecule has 0 aliphatic carbocycles. The Morgan fingerprint density at radius 1 is 1.23 bits per heavy atom. The van der Waals surface area contributed by atoms with E-state index in [1.165, 1.54) is 0 Å². The first-order valence-corrected chi connectivity index (χ1v) is 8.25. The monoisotopic (exact) mass is 346 g/mol. The molecule has 7 heteroatoms.